The fourth-order valence-corrected chi connectivity index (χ4v) is 6.07. The summed E-state index contributed by atoms with van der Waals surface area (Å²) in [5.74, 6) is -0.378. The second-order valence-corrected chi connectivity index (χ2v) is 12.0. The lowest BCUT2D eigenvalue weighted by atomic mass is 10.1. The Morgan fingerprint density at radius 1 is 0.919 bits per heavy atom. The minimum Gasteiger partial charge on any atom is -0.350 e. The van der Waals surface area contributed by atoms with E-state index < -0.39 is 10.0 Å². The van der Waals surface area contributed by atoms with E-state index in [1.165, 1.54) is 49.1 Å². The Morgan fingerprint density at radius 2 is 1.62 bits per heavy atom. The number of nitrogens with zero attached hydrogens (tertiary/aromatic N) is 2. The number of anilines is 1. The van der Waals surface area contributed by atoms with E-state index in [2.05, 4.69) is 22.3 Å². The number of carbonyl (C=O) groups is 1. The molecule has 0 aliphatic carbocycles. The number of aryl methyl sites for hydroxylation is 2. The predicted molar refractivity (Wildman–Crippen MR) is 149 cm³/mol. The summed E-state index contributed by atoms with van der Waals surface area (Å²) in [5.41, 5.74) is 4.63. The molecule has 0 atom stereocenters. The third kappa shape index (κ3) is 7.12. The Bertz CT molecular complexity index is 1340. The van der Waals surface area contributed by atoms with E-state index in [1.54, 1.807) is 12.1 Å². The highest BCUT2D eigenvalue weighted by Crippen LogP contribution is 2.26. The van der Waals surface area contributed by atoms with E-state index in [1.807, 2.05) is 32.0 Å². The third-order valence-electron chi connectivity index (χ3n) is 6.80. The third-order valence-corrected chi connectivity index (χ3v) is 8.84. The molecule has 1 aliphatic heterocycles. The Kier molecular flexibility index (Phi) is 8.90. The zero-order valence-corrected chi connectivity index (χ0v) is 23.0. The number of halogens is 1. The van der Waals surface area contributed by atoms with Crippen LogP contribution in [0.2, 0.25) is 5.02 Å². The van der Waals surface area contributed by atoms with E-state index in [-0.39, 0.29) is 17.3 Å². The van der Waals surface area contributed by atoms with Gasteiger partial charge in [0.25, 0.3) is 10.0 Å². The van der Waals surface area contributed by atoms with E-state index in [4.69, 9.17) is 11.6 Å². The Balaban J connectivity index is 1.49. The van der Waals surface area contributed by atoms with Gasteiger partial charge in [0.05, 0.1) is 10.6 Å². The topological polar surface area (TPSA) is 69.7 Å². The van der Waals surface area contributed by atoms with E-state index >= 15 is 0 Å². The molecule has 37 heavy (non-hydrogen) atoms. The minimum atomic E-state index is -3.99. The maximum Gasteiger partial charge on any atom is 0.264 e. The van der Waals surface area contributed by atoms with Crippen molar-refractivity contribution >= 4 is 33.2 Å². The number of benzene rings is 3. The number of rotatable bonds is 9. The van der Waals surface area contributed by atoms with Crippen LogP contribution in [0.5, 0.6) is 0 Å². The molecule has 6 nitrogen and oxygen atoms in total. The summed E-state index contributed by atoms with van der Waals surface area (Å²) in [4.78, 5) is 15.6. The van der Waals surface area contributed by atoms with Crippen LogP contribution < -0.4 is 9.62 Å². The Morgan fingerprint density at radius 3 is 2.32 bits per heavy atom. The van der Waals surface area contributed by atoms with Crippen LogP contribution >= 0.6 is 11.6 Å². The first-order valence-corrected chi connectivity index (χ1v) is 14.5. The van der Waals surface area contributed by atoms with Gasteiger partial charge in [0.2, 0.25) is 5.91 Å². The molecule has 3 aromatic carbocycles. The second-order valence-electron chi connectivity index (χ2n) is 9.67. The number of hydrogen-bond donors (Lipinski definition) is 1. The van der Waals surface area contributed by atoms with Crippen LogP contribution in [0, 0.1) is 13.8 Å². The van der Waals surface area contributed by atoms with E-state index in [0.717, 1.165) is 40.6 Å². The first-order valence-electron chi connectivity index (χ1n) is 12.6. The van der Waals surface area contributed by atoms with Crippen LogP contribution in [0.15, 0.2) is 71.6 Å². The van der Waals surface area contributed by atoms with Gasteiger partial charge in [-0.25, -0.2) is 8.42 Å². The van der Waals surface area contributed by atoms with Crippen LogP contribution in [0.4, 0.5) is 5.69 Å². The number of amides is 1. The molecule has 1 heterocycles. The van der Waals surface area contributed by atoms with Gasteiger partial charge in [-0.05, 0) is 98.4 Å². The first-order chi connectivity index (χ1) is 17.7. The van der Waals surface area contributed by atoms with Gasteiger partial charge in [0, 0.05) is 18.1 Å². The Hall–Kier alpha value is -2.87. The van der Waals surface area contributed by atoms with Gasteiger partial charge in [-0.3, -0.25) is 14.0 Å². The molecular formula is C29H34ClN3O3S. The summed E-state index contributed by atoms with van der Waals surface area (Å²) in [7, 11) is -3.99. The number of likely N-dealkylation sites (tertiary alicyclic amines) is 1. The molecule has 0 unspecified atom stereocenters. The fraction of sp³-hybridized carbons (Fsp3) is 0.345. The summed E-state index contributed by atoms with van der Waals surface area (Å²) in [5, 5.41) is 3.35. The highest BCUT2D eigenvalue weighted by molar-refractivity contribution is 7.92. The molecule has 4 rings (SSSR count). The maximum absolute atomic E-state index is 13.6. The molecule has 1 N–H and O–H groups in total. The van der Waals surface area contributed by atoms with E-state index in [0.29, 0.717) is 17.3 Å². The van der Waals surface area contributed by atoms with Gasteiger partial charge in [-0.15, -0.1) is 0 Å². The second kappa shape index (κ2) is 12.1. The molecule has 3 aromatic rings. The average Bonchev–Trinajstić information content (AvgIpc) is 2.89. The molecule has 8 heteroatoms. The fourth-order valence-electron chi connectivity index (χ4n) is 4.53. The number of carbonyl (C=O) groups excluding carboxylic acids is 1. The van der Waals surface area contributed by atoms with Crippen LogP contribution in [-0.4, -0.2) is 38.9 Å². The van der Waals surface area contributed by atoms with Crippen molar-refractivity contribution in [3.63, 3.8) is 0 Å². The molecule has 1 aliphatic rings. The SMILES string of the molecule is Cc1ccc(N(CC(=O)NCc2cccc(CN3CCCCC3)c2)S(=O)(=O)c2ccc(Cl)cc2)cc1C. The van der Waals surface area contributed by atoms with Gasteiger partial charge in [-0.2, -0.15) is 0 Å². The van der Waals surface area contributed by atoms with Crippen molar-refractivity contribution in [1.29, 1.82) is 0 Å². The van der Waals surface area contributed by atoms with Crippen LogP contribution in [-0.2, 0) is 27.9 Å². The summed E-state index contributed by atoms with van der Waals surface area (Å²) < 4.78 is 28.3. The van der Waals surface area contributed by atoms with Gasteiger partial charge < -0.3 is 5.32 Å². The lowest BCUT2D eigenvalue weighted by Crippen LogP contribution is -2.40. The predicted octanol–water partition coefficient (Wildman–Crippen LogP) is 5.45. The average molecular weight is 540 g/mol. The smallest absolute Gasteiger partial charge is 0.264 e. The first kappa shape index (κ1) is 27.2. The van der Waals surface area contributed by atoms with Crippen molar-refractivity contribution < 1.29 is 13.2 Å². The Labute approximate surface area is 225 Å². The monoisotopic (exact) mass is 539 g/mol. The van der Waals surface area contributed by atoms with Crippen LogP contribution in [0.1, 0.15) is 41.5 Å². The number of nitrogens with one attached hydrogen (secondary N) is 1. The standard InChI is InChI=1S/C29H34ClN3O3S/c1-22-9-12-27(17-23(22)2)33(37(35,36)28-13-10-26(30)11-14-28)21-29(34)31-19-24-7-6-8-25(18-24)20-32-15-4-3-5-16-32/h6-14,17-18H,3-5,15-16,19-21H2,1-2H3,(H,31,34). The largest absolute Gasteiger partial charge is 0.350 e. The summed E-state index contributed by atoms with van der Waals surface area (Å²) in [6, 6.07) is 19.6. The highest BCUT2D eigenvalue weighted by atomic mass is 35.5. The highest BCUT2D eigenvalue weighted by Gasteiger charge is 2.27. The van der Waals surface area contributed by atoms with Crippen molar-refractivity contribution in [2.24, 2.45) is 0 Å². The quantitative estimate of drug-likeness (QED) is 0.392. The molecule has 1 amide bonds. The van der Waals surface area contributed by atoms with Gasteiger partial charge in [0.15, 0.2) is 0 Å². The van der Waals surface area contributed by atoms with Gasteiger partial charge >= 0.3 is 0 Å². The van der Waals surface area contributed by atoms with Crippen molar-refractivity contribution in [2.75, 3.05) is 23.9 Å². The molecule has 0 radical (unpaired) electrons. The van der Waals surface area contributed by atoms with Crippen LogP contribution in [0.25, 0.3) is 0 Å². The van der Waals surface area contributed by atoms with Crippen molar-refractivity contribution in [3.8, 4) is 0 Å². The van der Waals surface area contributed by atoms with E-state index in [9.17, 15) is 13.2 Å². The normalized spacial score (nSPS) is 14.4. The molecule has 196 valence electrons. The van der Waals surface area contributed by atoms with Crippen molar-refractivity contribution in [2.45, 2.75) is 51.1 Å². The molecule has 0 saturated carbocycles. The molecule has 1 saturated heterocycles. The maximum atomic E-state index is 13.6. The summed E-state index contributed by atoms with van der Waals surface area (Å²) >= 11 is 5.97. The molecule has 0 spiro atoms. The minimum absolute atomic E-state index is 0.0772. The van der Waals surface area contributed by atoms with Crippen molar-refractivity contribution in [3.05, 3.63) is 94.0 Å². The number of piperidine rings is 1. The van der Waals surface area contributed by atoms with Crippen LogP contribution in [0.3, 0.4) is 0 Å². The molecular weight excluding hydrogens is 506 g/mol. The molecule has 1 fully saturated rings. The molecule has 0 bridgehead atoms. The number of hydrogen-bond acceptors (Lipinski definition) is 4. The molecule has 0 aromatic heterocycles. The van der Waals surface area contributed by atoms with Gasteiger partial charge in [-0.1, -0.05) is 48.4 Å². The van der Waals surface area contributed by atoms with Crippen molar-refractivity contribution in [1.82, 2.24) is 10.2 Å². The van der Waals surface area contributed by atoms with Gasteiger partial charge in [0.1, 0.15) is 6.54 Å². The lowest BCUT2D eigenvalue weighted by Gasteiger charge is -2.26. The summed E-state index contributed by atoms with van der Waals surface area (Å²) in [6.45, 7) is 7.03. The summed E-state index contributed by atoms with van der Waals surface area (Å²) in [6.07, 6.45) is 3.78. The zero-order valence-electron chi connectivity index (χ0n) is 21.4. The number of sulfonamides is 1. The lowest BCUT2D eigenvalue weighted by molar-refractivity contribution is -0.119. The zero-order chi connectivity index (χ0) is 26.4.